The molecule has 4 nitrogen and oxygen atoms in total. The molecule has 1 heterocycles. The van der Waals surface area contributed by atoms with E-state index in [-0.39, 0.29) is 6.09 Å². The van der Waals surface area contributed by atoms with Gasteiger partial charge in [0.25, 0.3) is 0 Å². The van der Waals surface area contributed by atoms with Gasteiger partial charge < -0.3 is 9.64 Å². The van der Waals surface area contributed by atoms with Crippen molar-refractivity contribution in [1.82, 2.24) is 9.80 Å². The first-order chi connectivity index (χ1) is 9.76. The minimum absolute atomic E-state index is 0.287. The molecule has 0 spiro atoms. The number of allylic oxidation sites excluding steroid dienone is 1. The topological polar surface area (TPSA) is 32.8 Å². The van der Waals surface area contributed by atoms with Gasteiger partial charge in [0.1, 0.15) is 5.60 Å². The van der Waals surface area contributed by atoms with Crippen LogP contribution in [0.4, 0.5) is 4.79 Å². The third-order valence-corrected chi connectivity index (χ3v) is 3.19. The van der Waals surface area contributed by atoms with Gasteiger partial charge in [-0.3, -0.25) is 4.90 Å². The number of benzene rings is 1. The molecule has 1 aliphatic rings. The Hall–Kier alpha value is -1.97. The fourth-order valence-corrected chi connectivity index (χ4v) is 2.36. The lowest BCUT2D eigenvalue weighted by Crippen LogP contribution is -2.39. The van der Waals surface area contributed by atoms with Crippen LogP contribution in [0.3, 0.4) is 0 Å². The van der Waals surface area contributed by atoms with Crippen LogP contribution in [0, 0.1) is 0 Å². The van der Waals surface area contributed by atoms with E-state index in [1.807, 2.05) is 58.1 Å². The number of rotatable bonds is 1. The van der Waals surface area contributed by atoms with E-state index in [1.54, 1.807) is 4.90 Å². The lowest BCUT2D eigenvalue weighted by molar-refractivity contribution is 0.0286. The van der Waals surface area contributed by atoms with Crippen LogP contribution in [0.5, 0.6) is 0 Å². The summed E-state index contributed by atoms with van der Waals surface area (Å²) in [6.45, 7) is 6.22. The fourth-order valence-electron chi connectivity index (χ4n) is 2.36. The zero-order valence-electron chi connectivity index (χ0n) is 13.5. The molecule has 0 bridgehead atoms. The van der Waals surface area contributed by atoms with Gasteiger partial charge >= 0.3 is 6.09 Å². The van der Waals surface area contributed by atoms with Crippen molar-refractivity contribution in [2.24, 2.45) is 0 Å². The van der Waals surface area contributed by atoms with Crippen molar-refractivity contribution in [3.05, 3.63) is 47.3 Å². The molecule has 0 saturated carbocycles. The van der Waals surface area contributed by atoms with Crippen molar-refractivity contribution in [2.45, 2.75) is 39.3 Å². The number of amides is 1. The lowest BCUT2D eigenvalue weighted by atomic mass is 9.98. The zero-order valence-corrected chi connectivity index (χ0v) is 13.5. The molecular formula is C17H24N2O2. The van der Waals surface area contributed by atoms with Gasteiger partial charge in [-0.25, -0.2) is 4.79 Å². The summed E-state index contributed by atoms with van der Waals surface area (Å²) < 4.78 is 5.53. The smallest absolute Gasteiger partial charge is 0.414 e. The first-order valence-corrected chi connectivity index (χ1v) is 7.21. The molecule has 1 aromatic rings. The van der Waals surface area contributed by atoms with Crippen molar-refractivity contribution < 1.29 is 9.53 Å². The van der Waals surface area contributed by atoms with E-state index in [9.17, 15) is 4.79 Å². The normalized spacial score (nSPS) is 16.6. The van der Waals surface area contributed by atoms with Gasteiger partial charge in [0.05, 0.1) is 6.54 Å². The summed E-state index contributed by atoms with van der Waals surface area (Å²) >= 11 is 0. The highest BCUT2D eigenvalue weighted by molar-refractivity contribution is 5.71. The Kier molecular flexibility index (Phi) is 4.26. The summed E-state index contributed by atoms with van der Waals surface area (Å²) in [6, 6.07) is 8.23. The predicted octanol–water partition coefficient (Wildman–Crippen LogP) is 3.38. The van der Waals surface area contributed by atoms with Crippen LogP contribution in [-0.4, -0.2) is 35.6 Å². The molecule has 0 atom stereocenters. The third-order valence-electron chi connectivity index (χ3n) is 3.19. The van der Waals surface area contributed by atoms with E-state index >= 15 is 0 Å². The molecule has 0 N–H and O–H groups in total. The Morgan fingerprint density at radius 3 is 2.43 bits per heavy atom. The number of hydrogen-bond donors (Lipinski definition) is 0. The van der Waals surface area contributed by atoms with Gasteiger partial charge in [-0.05, 0) is 31.9 Å². The highest BCUT2D eigenvalue weighted by Crippen LogP contribution is 2.27. The standard InChI is InChI=1S/C17H24N2O2/c1-17(2,3)21-16(20)19-11-14-9-7-6-8-13(14)10-15(19)12-18(4)5/h6-9,12H,10-11H2,1-5H3/b15-12+. The van der Waals surface area contributed by atoms with Crippen molar-refractivity contribution >= 4 is 6.09 Å². The molecule has 114 valence electrons. The number of carbonyl (C=O) groups is 1. The van der Waals surface area contributed by atoms with Crippen molar-refractivity contribution in [1.29, 1.82) is 0 Å². The molecule has 0 radical (unpaired) electrons. The number of fused-ring (bicyclic) bond motifs is 1. The van der Waals surface area contributed by atoms with Crippen LogP contribution in [0.15, 0.2) is 36.2 Å². The van der Waals surface area contributed by atoms with E-state index < -0.39 is 5.60 Å². The monoisotopic (exact) mass is 288 g/mol. The second-order valence-corrected chi connectivity index (χ2v) is 6.60. The molecule has 4 heteroatoms. The third kappa shape index (κ3) is 4.00. The molecule has 2 rings (SSSR count). The minimum atomic E-state index is -0.489. The van der Waals surface area contributed by atoms with Crippen LogP contribution in [0.2, 0.25) is 0 Å². The zero-order chi connectivity index (χ0) is 15.6. The fraction of sp³-hybridized carbons (Fsp3) is 0.471. The highest BCUT2D eigenvalue weighted by Gasteiger charge is 2.29. The van der Waals surface area contributed by atoms with Crippen molar-refractivity contribution in [3.8, 4) is 0 Å². The minimum Gasteiger partial charge on any atom is -0.443 e. The molecule has 0 unspecified atom stereocenters. The molecule has 0 aromatic heterocycles. The summed E-state index contributed by atoms with van der Waals surface area (Å²) in [6.07, 6.45) is 2.44. The number of carbonyl (C=O) groups excluding carboxylic acids is 1. The molecular weight excluding hydrogens is 264 g/mol. The van der Waals surface area contributed by atoms with E-state index in [4.69, 9.17) is 4.74 Å². The van der Waals surface area contributed by atoms with E-state index in [2.05, 4.69) is 12.1 Å². The SMILES string of the molecule is CN(C)/C=C1\Cc2ccccc2CN1C(=O)OC(C)(C)C. The van der Waals surface area contributed by atoms with Gasteiger partial charge in [-0.1, -0.05) is 24.3 Å². The van der Waals surface area contributed by atoms with Gasteiger partial charge in [0.2, 0.25) is 0 Å². The van der Waals surface area contributed by atoms with Crippen LogP contribution >= 0.6 is 0 Å². The van der Waals surface area contributed by atoms with Crippen LogP contribution in [0.25, 0.3) is 0 Å². The predicted molar refractivity (Wildman–Crippen MR) is 83.7 cm³/mol. The summed E-state index contributed by atoms with van der Waals surface area (Å²) in [5, 5.41) is 0. The number of ether oxygens (including phenoxy) is 1. The lowest BCUT2D eigenvalue weighted by Gasteiger charge is -2.33. The Morgan fingerprint density at radius 2 is 1.86 bits per heavy atom. The maximum absolute atomic E-state index is 12.5. The summed E-state index contributed by atoms with van der Waals surface area (Å²) in [7, 11) is 3.92. The Bertz CT molecular complexity index is 556. The van der Waals surface area contributed by atoms with E-state index in [0.29, 0.717) is 6.54 Å². The Balaban J connectivity index is 2.31. The molecule has 0 saturated heterocycles. The molecule has 1 aromatic carbocycles. The van der Waals surface area contributed by atoms with Crippen molar-refractivity contribution in [3.63, 3.8) is 0 Å². The van der Waals surface area contributed by atoms with Crippen molar-refractivity contribution in [2.75, 3.05) is 14.1 Å². The van der Waals surface area contributed by atoms with Gasteiger partial charge in [0.15, 0.2) is 0 Å². The second kappa shape index (κ2) is 5.80. The molecule has 1 aliphatic heterocycles. The van der Waals surface area contributed by atoms with E-state index in [1.165, 1.54) is 11.1 Å². The average Bonchev–Trinajstić information content (AvgIpc) is 2.35. The van der Waals surface area contributed by atoms with E-state index in [0.717, 1.165) is 12.1 Å². The molecule has 0 fully saturated rings. The summed E-state index contributed by atoms with van der Waals surface area (Å²) in [5.41, 5.74) is 2.93. The number of nitrogens with zero attached hydrogens (tertiary/aromatic N) is 2. The van der Waals surface area contributed by atoms with Gasteiger partial charge in [-0.15, -0.1) is 0 Å². The first-order valence-electron chi connectivity index (χ1n) is 7.21. The first kappa shape index (κ1) is 15.4. The molecule has 0 aliphatic carbocycles. The second-order valence-electron chi connectivity index (χ2n) is 6.60. The molecule has 21 heavy (non-hydrogen) atoms. The highest BCUT2D eigenvalue weighted by atomic mass is 16.6. The van der Waals surface area contributed by atoms with Crippen LogP contribution in [-0.2, 0) is 17.7 Å². The Morgan fingerprint density at radius 1 is 1.24 bits per heavy atom. The Labute approximate surface area is 127 Å². The maximum atomic E-state index is 12.5. The maximum Gasteiger partial charge on any atom is 0.414 e. The summed E-state index contributed by atoms with van der Waals surface area (Å²) in [4.78, 5) is 16.1. The largest absolute Gasteiger partial charge is 0.443 e. The van der Waals surface area contributed by atoms with Gasteiger partial charge in [0, 0.05) is 32.4 Å². The van der Waals surface area contributed by atoms with Gasteiger partial charge in [-0.2, -0.15) is 0 Å². The molecule has 1 amide bonds. The average molecular weight is 288 g/mol. The van der Waals surface area contributed by atoms with Crippen LogP contribution in [0.1, 0.15) is 31.9 Å². The number of hydrogen-bond acceptors (Lipinski definition) is 3. The van der Waals surface area contributed by atoms with Crippen LogP contribution < -0.4 is 0 Å². The summed E-state index contributed by atoms with van der Waals surface area (Å²) in [5.74, 6) is 0. The quantitative estimate of drug-likeness (QED) is 0.794.